The summed E-state index contributed by atoms with van der Waals surface area (Å²) >= 11 is 7.15. The molecule has 0 spiro atoms. The normalized spacial score (nSPS) is 13.4. The van der Waals surface area contributed by atoms with Gasteiger partial charge in [-0.2, -0.15) is 0 Å². The lowest BCUT2D eigenvalue weighted by Gasteiger charge is -2.09. The third-order valence-electron chi connectivity index (χ3n) is 9.64. The highest BCUT2D eigenvalue weighted by Gasteiger charge is 2.20. The summed E-state index contributed by atoms with van der Waals surface area (Å²) in [6.07, 6.45) is 12.9. The van der Waals surface area contributed by atoms with E-state index in [4.69, 9.17) is 0 Å². The molecule has 2 nitrogen and oxygen atoms in total. The molecule has 4 heterocycles. The second-order valence-corrected chi connectivity index (χ2v) is 17.8. The minimum atomic E-state index is -0.491. The standard InChI is InChI=1S/C42H46O2S4/c1-3-5-7-9-11-27-13-17-29(18-14-27)21-33(43)37-25-39-41(47-37)31-23-36-32(24-35(31)45-39)42-40(46-36)26-38(48-42)34(44)22-30-19-15-28(16-20-30)12-10-8-6-4-2/h13-20,23-26,33-34,43-44H,3-12,21-22H2,1-2H3. The first kappa shape index (κ1) is 33.9. The van der Waals surface area contributed by atoms with Crippen molar-refractivity contribution in [3.8, 4) is 0 Å². The van der Waals surface area contributed by atoms with E-state index in [1.165, 1.54) is 113 Å². The molecule has 6 heteroatoms. The lowest BCUT2D eigenvalue weighted by Crippen LogP contribution is -1.99. The first-order valence-electron chi connectivity index (χ1n) is 17.8. The highest BCUT2D eigenvalue weighted by molar-refractivity contribution is 7.34. The summed E-state index contributed by atoms with van der Waals surface area (Å²) in [5.74, 6) is 0. The average molecular weight is 711 g/mol. The predicted molar refractivity (Wildman–Crippen MR) is 214 cm³/mol. The molecule has 0 aliphatic carbocycles. The van der Waals surface area contributed by atoms with Crippen molar-refractivity contribution in [1.82, 2.24) is 0 Å². The van der Waals surface area contributed by atoms with Crippen molar-refractivity contribution in [2.75, 3.05) is 0 Å². The molecule has 7 aromatic rings. The highest BCUT2D eigenvalue weighted by Crippen LogP contribution is 2.47. The van der Waals surface area contributed by atoms with Gasteiger partial charge < -0.3 is 10.2 Å². The van der Waals surface area contributed by atoms with Gasteiger partial charge in [-0.05, 0) is 72.2 Å². The van der Waals surface area contributed by atoms with Gasteiger partial charge in [0.1, 0.15) is 0 Å². The SMILES string of the molecule is CCCCCCc1ccc(CC(O)c2cc3sc4cc5c(cc4c3s2)sc2cc(C(O)Cc3ccc(CCCCCC)cc3)sc25)cc1. The number of thiophene rings is 4. The van der Waals surface area contributed by atoms with E-state index in [9.17, 15) is 10.2 Å². The van der Waals surface area contributed by atoms with Crippen molar-refractivity contribution in [2.45, 2.75) is 103 Å². The van der Waals surface area contributed by atoms with Crippen LogP contribution in [0.5, 0.6) is 0 Å². The van der Waals surface area contributed by atoms with Crippen molar-refractivity contribution < 1.29 is 10.2 Å². The van der Waals surface area contributed by atoms with Crippen molar-refractivity contribution in [1.29, 1.82) is 0 Å². The number of hydrogen-bond donors (Lipinski definition) is 2. The van der Waals surface area contributed by atoms with Gasteiger partial charge in [0, 0.05) is 52.2 Å². The van der Waals surface area contributed by atoms with Crippen molar-refractivity contribution in [3.05, 3.63) is 105 Å². The van der Waals surface area contributed by atoms with Crippen LogP contribution < -0.4 is 0 Å². The Kier molecular flexibility index (Phi) is 11.0. The third kappa shape index (κ3) is 7.60. The first-order chi connectivity index (χ1) is 23.5. The average Bonchev–Trinajstić information content (AvgIpc) is 3.85. The summed E-state index contributed by atoms with van der Waals surface area (Å²) in [5, 5.41) is 25.0. The molecule has 0 fully saturated rings. The van der Waals surface area contributed by atoms with Gasteiger partial charge in [-0.25, -0.2) is 0 Å². The quantitative estimate of drug-likeness (QED) is 0.0980. The second kappa shape index (κ2) is 15.5. The summed E-state index contributed by atoms with van der Waals surface area (Å²) in [7, 11) is 0. The smallest absolute Gasteiger partial charge is 0.0922 e. The summed E-state index contributed by atoms with van der Waals surface area (Å²) in [6, 6.07) is 26.9. The molecule has 2 atom stereocenters. The number of aryl methyl sites for hydroxylation is 2. The fourth-order valence-corrected chi connectivity index (χ4v) is 11.9. The molecule has 48 heavy (non-hydrogen) atoms. The molecule has 0 saturated heterocycles. The van der Waals surface area contributed by atoms with Crippen LogP contribution in [0, 0.1) is 0 Å². The minimum Gasteiger partial charge on any atom is -0.387 e. The predicted octanol–water partition coefficient (Wildman–Crippen LogP) is 13.3. The van der Waals surface area contributed by atoms with Gasteiger partial charge >= 0.3 is 0 Å². The molecule has 0 saturated carbocycles. The maximum absolute atomic E-state index is 11.2. The zero-order valence-electron chi connectivity index (χ0n) is 28.1. The lowest BCUT2D eigenvalue weighted by atomic mass is 10.0. The number of hydrogen-bond acceptors (Lipinski definition) is 6. The van der Waals surface area contributed by atoms with Gasteiger partial charge in [0.15, 0.2) is 0 Å². The molecular weight excluding hydrogens is 665 g/mol. The molecule has 2 N–H and O–H groups in total. The number of aliphatic hydroxyl groups excluding tert-OH is 2. The van der Waals surface area contributed by atoms with Crippen LogP contribution in [0.4, 0.5) is 0 Å². The molecule has 4 aromatic heterocycles. The second-order valence-electron chi connectivity index (χ2n) is 13.4. The van der Waals surface area contributed by atoms with Gasteiger partial charge in [0.25, 0.3) is 0 Å². The maximum Gasteiger partial charge on any atom is 0.0922 e. The summed E-state index contributed by atoms with van der Waals surface area (Å²) in [4.78, 5) is 2.10. The molecule has 0 aliphatic heterocycles. The molecule has 2 unspecified atom stereocenters. The Morgan fingerprint density at radius 3 is 1.25 bits per heavy atom. The number of unbranched alkanes of at least 4 members (excludes halogenated alkanes) is 6. The van der Waals surface area contributed by atoms with Crippen LogP contribution in [0.25, 0.3) is 39.0 Å². The van der Waals surface area contributed by atoms with Gasteiger partial charge in [0.05, 0.1) is 21.6 Å². The van der Waals surface area contributed by atoms with Crippen molar-refractivity contribution >= 4 is 84.3 Å². The van der Waals surface area contributed by atoms with Crippen molar-refractivity contribution in [2.24, 2.45) is 0 Å². The molecular formula is C42H46O2S4. The van der Waals surface area contributed by atoms with Crippen LogP contribution in [0.15, 0.2) is 72.8 Å². The Labute approximate surface area is 300 Å². The Morgan fingerprint density at radius 1 is 0.458 bits per heavy atom. The molecule has 0 amide bonds. The molecule has 7 rings (SSSR count). The Hall–Kier alpha value is -2.58. The van der Waals surface area contributed by atoms with E-state index >= 15 is 0 Å². The summed E-state index contributed by atoms with van der Waals surface area (Å²) in [5.41, 5.74) is 5.18. The van der Waals surface area contributed by atoms with Gasteiger partial charge in [-0.1, -0.05) is 101 Å². The fourth-order valence-electron chi connectivity index (χ4n) is 6.80. The van der Waals surface area contributed by atoms with E-state index in [1.807, 2.05) is 22.7 Å². The maximum atomic E-state index is 11.2. The van der Waals surface area contributed by atoms with Gasteiger partial charge in [0.2, 0.25) is 0 Å². The van der Waals surface area contributed by atoms with Crippen LogP contribution in [-0.4, -0.2) is 10.2 Å². The van der Waals surface area contributed by atoms with Crippen LogP contribution in [-0.2, 0) is 25.7 Å². The largest absolute Gasteiger partial charge is 0.387 e. The highest BCUT2D eigenvalue weighted by atomic mass is 32.1. The minimum absolute atomic E-state index is 0.491. The van der Waals surface area contributed by atoms with E-state index < -0.39 is 12.2 Å². The number of benzene rings is 3. The Bertz CT molecular complexity index is 1940. The first-order valence-corrected chi connectivity index (χ1v) is 21.1. The lowest BCUT2D eigenvalue weighted by molar-refractivity contribution is 0.182. The number of fused-ring (bicyclic) bond motifs is 6. The van der Waals surface area contributed by atoms with E-state index in [1.54, 1.807) is 22.7 Å². The van der Waals surface area contributed by atoms with Crippen molar-refractivity contribution in [3.63, 3.8) is 0 Å². The Morgan fingerprint density at radius 2 is 0.854 bits per heavy atom. The van der Waals surface area contributed by atoms with Crippen LogP contribution in [0.1, 0.15) is 109 Å². The van der Waals surface area contributed by atoms with Gasteiger partial charge in [-0.15, -0.1) is 45.3 Å². The Balaban J connectivity index is 1.03. The van der Waals surface area contributed by atoms with E-state index in [0.717, 1.165) is 22.6 Å². The molecule has 0 aliphatic rings. The third-order valence-corrected chi connectivity index (χ3v) is 14.6. The van der Waals surface area contributed by atoms with Gasteiger partial charge in [-0.3, -0.25) is 0 Å². The molecule has 0 bridgehead atoms. The van der Waals surface area contributed by atoms with E-state index in [0.29, 0.717) is 12.8 Å². The van der Waals surface area contributed by atoms with Crippen LogP contribution in [0.2, 0.25) is 0 Å². The topological polar surface area (TPSA) is 40.5 Å². The molecule has 3 aromatic carbocycles. The number of aliphatic hydroxyl groups is 2. The number of rotatable bonds is 16. The monoisotopic (exact) mass is 710 g/mol. The molecule has 0 radical (unpaired) electrons. The summed E-state index contributed by atoms with van der Waals surface area (Å²) < 4.78 is 7.68. The zero-order chi connectivity index (χ0) is 33.0. The zero-order valence-corrected chi connectivity index (χ0v) is 31.4. The van der Waals surface area contributed by atoms with E-state index in [-0.39, 0.29) is 0 Å². The van der Waals surface area contributed by atoms with Crippen LogP contribution in [0.3, 0.4) is 0 Å². The van der Waals surface area contributed by atoms with E-state index in [2.05, 4.69) is 86.6 Å². The molecule has 250 valence electrons. The fraction of sp³-hybridized carbons (Fsp3) is 0.381. The summed E-state index contributed by atoms with van der Waals surface area (Å²) in [6.45, 7) is 4.51. The van der Waals surface area contributed by atoms with Crippen LogP contribution >= 0.6 is 45.3 Å².